The standard InChI is InChI=1S/C20H24FN3O2S/c1-13(2)20(14-7-9-15(21)10-8-14)23-11-19(26)24-16-5-3-4-6-17(16)27-12-18(22)25/h3-10,13,20,23H,11-12H2,1-2H3,(H2,22,25)(H,24,26)/t20-/m0/s1. The third-order valence-electron chi connectivity index (χ3n) is 3.91. The highest BCUT2D eigenvalue weighted by molar-refractivity contribution is 8.00. The molecule has 0 aliphatic heterocycles. The molecule has 1 atom stereocenters. The lowest BCUT2D eigenvalue weighted by Gasteiger charge is -2.23. The second-order valence-electron chi connectivity index (χ2n) is 6.45. The molecule has 0 saturated heterocycles. The van der Waals surface area contributed by atoms with E-state index in [1.807, 2.05) is 32.0 Å². The van der Waals surface area contributed by atoms with Crippen molar-refractivity contribution in [3.05, 3.63) is 59.9 Å². The van der Waals surface area contributed by atoms with Crippen molar-refractivity contribution in [1.82, 2.24) is 5.32 Å². The maximum absolute atomic E-state index is 13.1. The van der Waals surface area contributed by atoms with Crippen molar-refractivity contribution in [2.45, 2.75) is 24.8 Å². The summed E-state index contributed by atoms with van der Waals surface area (Å²) in [5, 5.41) is 6.08. The van der Waals surface area contributed by atoms with Crippen LogP contribution in [0.3, 0.4) is 0 Å². The summed E-state index contributed by atoms with van der Waals surface area (Å²) in [7, 11) is 0. The first kappa shape index (κ1) is 20.9. The third kappa shape index (κ3) is 6.69. The normalized spacial score (nSPS) is 12.0. The minimum Gasteiger partial charge on any atom is -0.369 e. The smallest absolute Gasteiger partial charge is 0.238 e. The Balaban J connectivity index is 1.98. The zero-order chi connectivity index (χ0) is 19.8. The lowest BCUT2D eigenvalue weighted by Crippen LogP contribution is -2.33. The monoisotopic (exact) mass is 389 g/mol. The number of hydrogen-bond donors (Lipinski definition) is 3. The number of primary amides is 1. The van der Waals surface area contributed by atoms with Crippen molar-refractivity contribution in [1.29, 1.82) is 0 Å². The number of anilines is 1. The fraction of sp³-hybridized carbons (Fsp3) is 0.300. The molecule has 2 rings (SSSR count). The third-order valence-corrected chi connectivity index (χ3v) is 5.01. The van der Waals surface area contributed by atoms with Crippen LogP contribution in [0.2, 0.25) is 0 Å². The van der Waals surface area contributed by atoms with Gasteiger partial charge in [-0.3, -0.25) is 9.59 Å². The fourth-order valence-corrected chi connectivity index (χ4v) is 3.40. The summed E-state index contributed by atoms with van der Waals surface area (Å²) in [4.78, 5) is 24.1. The number of rotatable bonds is 9. The van der Waals surface area contributed by atoms with Gasteiger partial charge in [-0.05, 0) is 35.7 Å². The summed E-state index contributed by atoms with van der Waals surface area (Å²) in [5.41, 5.74) is 6.75. The molecule has 0 aliphatic carbocycles. The number of nitrogens with one attached hydrogen (secondary N) is 2. The number of benzene rings is 2. The van der Waals surface area contributed by atoms with Gasteiger partial charge in [-0.1, -0.05) is 38.1 Å². The molecule has 0 radical (unpaired) electrons. The van der Waals surface area contributed by atoms with Gasteiger partial charge >= 0.3 is 0 Å². The number of para-hydroxylation sites is 1. The van der Waals surface area contributed by atoms with Crippen LogP contribution in [0.5, 0.6) is 0 Å². The van der Waals surface area contributed by atoms with Gasteiger partial charge in [0.25, 0.3) is 0 Å². The van der Waals surface area contributed by atoms with E-state index in [4.69, 9.17) is 5.73 Å². The van der Waals surface area contributed by atoms with E-state index < -0.39 is 5.91 Å². The zero-order valence-electron chi connectivity index (χ0n) is 15.4. The highest BCUT2D eigenvalue weighted by Gasteiger charge is 2.17. The molecule has 144 valence electrons. The van der Waals surface area contributed by atoms with Gasteiger partial charge in [-0.15, -0.1) is 11.8 Å². The first-order valence-corrected chi connectivity index (χ1v) is 9.64. The Hall–Kier alpha value is -2.38. The molecule has 0 aliphatic rings. The van der Waals surface area contributed by atoms with Crippen LogP contribution in [0.4, 0.5) is 10.1 Å². The average Bonchev–Trinajstić information content (AvgIpc) is 2.62. The maximum Gasteiger partial charge on any atom is 0.238 e. The van der Waals surface area contributed by atoms with E-state index >= 15 is 0 Å². The Morgan fingerprint density at radius 2 is 1.78 bits per heavy atom. The van der Waals surface area contributed by atoms with E-state index in [2.05, 4.69) is 10.6 Å². The SMILES string of the molecule is CC(C)[C@H](NCC(=O)Nc1ccccc1SCC(N)=O)c1ccc(F)cc1. The molecule has 0 aromatic heterocycles. The molecule has 0 heterocycles. The molecule has 0 bridgehead atoms. The number of thioether (sulfide) groups is 1. The molecular weight excluding hydrogens is 365 g/mol. The van der Waals surface area contributed by atoms with Crippen molar-refractivity contribution in [2.75, 3.05) is 17.6 Å². The fourth-order valence-electron chi connectivity index (χ4n) is 2.65. The van der Waals surface area contributed by atoms with Gasteiger partial charge in [0.05, 0.1) is 18.0 Å². The summed E-state index contributed by atoms with van der Waals surface area (Å²) in [6.45, 7) is 4.18. The molecule has 0 spiro atoms. The second-order valence-corrected chi connectivity index (χ2v) is 7.47. The Morgan fingerprint density at radius 1 is 1.11 bits per heavy atom. The number of halogens is 1. The van der Waals surface area contributed by atoms with Crippen molar-refractivity contribution in [3.8, 4) is 0 Å². The minimum absolute atomic E-state index is 0.0733. The number of nitrogens with two attached hydrogens (primary N) is 1. The Morgan fingerprint density at radius 3 is 2.41 bits per heavy atom. The lowest BCUT2D eigenvalue weighted by molar-refractivity contribution is -0.116. The van der Waals surface area contributed by atoms with Gasteiger partial charge < -0.3 is 16.4 Å². The second kappa shape index (κ2) is 10.1. The quantitative estimate of drug-likeness (QED) is 0.575. The van der Waals surface area contributed by atoms with Crippen molar-refractivity contribution < 1.29 is 14.0 Å². The van der Waals surface area contributed by atoms with Crippen LogP contribution in [-0.4, -0.2) is 24.1 Å². The van der Waals surface area contributed by atoms with Crippen molar-refractivity contribution >= 4 is 29.3 Å². The van der Waals surface area contributed by atoms with E-state index in [-0.39, 0.29) is 36.0 Å². The van der Waals surface area contributed by atoms with Gasteiger partial charge in [0.15, 0.2) is 0 Å². The zero-order valence-corrected chi connectivity index (χ0v) is 16.2. The molecular formula is C20H24FN3O2S. The number of carbonyl (C=O) groups excluding carboxylic acids is 2. The summed E-state index contributed by atoms with van der Waals surface area (Å²) >= 11 is 1.28. The van der Waals surface area contributed by atoms with E-state index in [0.29, 0.717) is 5.69 Å². The number of amides is 2. The van der Waals surface area contributed by atoms with Crippen LogP contribution in [0, 0.1) is 11.7 Å². The van der Waals surface area contributed by atoms with Crippen LogP contribution in [-0.2, 0) is 9.59 Å². The summed E-state index contributed by atoms with van der Waals surface area (Å²) < 4.78 is 13.1. The molecule has 2 amide bonds. The van der Waals surface area contributed by atoms with Gasteiger partial charge in [-0.2, -0.15) is 0 Å². The Kier molecular flexibility index (Phi) is 7.82. The first-order chi connectivity index (χ1) is 12.9. The highest BCUT2D eigenvalue weighted by atomic mass is 32.2. The van der Waals surface area contributed by atoms with Gasteiger partial charge in [-0.25, -0.2) is 4.39 Å². The molecule has 4 N–H and O–H groups in total. The predicted molar refractivity (Wildman–Crippen MR) is 107 cm³/mol. The minimum atomic E-state index is -0.415. The van der Waals surface area contributed by atoms with Crippen molar-refractivity contribution in [3.63, 3.8) is 0 Å². The van der Waals surface area contributed by atoms with Gasteiger partial charge in [0.1, 0.15) is 5.82 Å². The molecule has 0 saturated carbocycles. The molecule has 5 nitrogen and oxygen atoms in total. The Bertz CT molecular complexity index is 781. The summed E-state index contributed by atoms with van der Waals surface area (Å²) in [5.74, 6) is -0.534. The topological polar surface area (TPSA) is 84.2 Å². The van der Waals surface area contributed by atoms with Gasteiger partial charge in [0.2, 0.25) is 11.8 Å². The molecule has 27 heavy (non-hydrogen) atoms. The summed E-state index contributed by atoms with van der Waals surface area (Å²) in [6, 6.07) is 13.5. The molecule has 2 aromatic rings. The highest BCUT2D eigenvalue weighted by Crippen LogP contribution is 2.27. The molecule has 2 aromatic carbocycles. The Labute approximate surface area is 162 Å². The van der Waals surface area contributed by atoms with Crippen LogP contribution in [0.15, 0.2) is 53.4 Å². The molecule has 0 fully saturated rings. The van der Waals surface area contributed by atoms with E-state index in [0.717, 1.165) is 10.5 Å². The summed E-state index contributed by atoms with van der Waals surface area (Å²) in [6.07, 6.45) is 0. The largest absolute Gasteiger partial charge is 0.369 e. The average molecular weight is 389 g/mol. The predicted octanol–water partition coefficient (Wildman–Crippen LogP) is 3.33. The van der Waals surface area contributed by atoms with Crippen LogP contribution in [0.1, 0.15) is 25.5 Å². The molecule has 7 heteroatoms. The van der Waals surface area contributed by atoms with Gasteiger partial charge in [0, 0.05) is 10.9 Å². The lowest BCUT2D eigenvalue weighted by atomic mass is 9.96. The number of hydrogen-bond acceptors (Lipinski definition) is 4. The number of carbonyl (C=O) groups is 2. The first-order valence-electron chi connectivity index (χ1n) is 8.65. The van der Waals surface area contributed by atoms with Crippen LogP contribution in [0.25, 0.3) is 0 Å². The van der Waals surface area contributed by atoms with E-state index in [1.165, 1.54) is 23.9 Å². The van der Waals surface area contributed by atoms with E-state index in [1.54, 1.807) is 18.2 Å². The van der Waals surface area contributed by atoms with E-state index in [9.17, 15) is 14.0 Å². The van der Waals surface area contributed by atoms with Crippen molar-refractivity contribution in [2.24, 2.45) is 11.7 Å². The maximum atomic E-state index is 13.1. The van der Waals surface area contributed by atoms with Crippen LogP contribution < -0.4 is 16.4 Å². The molecule has 0 unspecified atom stereocenters. The van der Waals surface area contributed by atoms with Crippen LogP contribution >= 0.6 is 11.8 Å².